The predicted octanol–water partition coefficient (Wildman–Crippen LogP) is 3.84. The number of carbonyl (C=O) groups excluding carboxylic acids is 3. The summed E-state index contributed by atoms with van der Waals surface area (Å²) in [4.78, 5) is 51.3. The van der Waals surface area contributed by atoms with Gasteiger partial charge < -0.3 is 4.74 Å². The van der Waals surface area contributed by atoms with Gasteiger partial charge in [0.1, 0.15) is 6.10 Å². The van der Waals surface area contributed by atoms with E-state index in [9.17, 15) is 24.5 Å². The lowest BCUT2D eigenvalue weighted by Crippen LogP contribution is -2.46. The number of esters is 1. The molecule has 1 saturated carbocycles. The molecule has 178 valence electrons. The van der Waals surface area contributed by atoms with Crippen LogP contribution >= 0.6 is 0 Å². The van der Waals surface area contributed by atoms with Gasteiger partial charge in [-0.2, -0.15) is 4.74 Å². The Hall–Kier alpha value is -3.78. The number of ether oxygens (including phenoxy) is 2. The zero-order valence-electron chi connectivity index (χ0n) is 19.3. The fourth-order valence-electron chi connectivity index (χ4n) is 5.75. The van der Waals surface area contributed by atoms with Crippen molar-refractivity contribution in [2.45, 2.75) is 38.3 Å². The molecule has 0 N–H and O–H groups in total. The normalized spacial score (nSPS) is 29.7. The van der Waals surface area contributed by atoms with Crippen molar-refractivity contribution in [2.75, 3.05) is 6.61 Å². The number of ketones is 2. The van der Waals surface area contributed by atoms with E-state index >= 15 is 0 Å². The Bertz CT molecular complexity index is 1250. The third-order valence-electron chi connectivity index (χ3n) is 7.14. The predicted molar refractivity (Wildman–Crippen MR) is 124 cm³/mol. The average molecular weight is 474 g/mol. The molecule has 1 aliphatic heterocycles. The fraction of sp³-hybridized carbons (Fsp3) is 0.333. The summed E-state index contributed by atoms with van der Waals surface area (Å²) < 4.78 is 11.5. The lowest BCUT2D eigenvalue weighted by atomic mass is 9.70. The summed E-state index contributed by atoms with van der Waals surface area (Å²) in [6.07, 6.45) is 0.00186. The van der Waals surface area contributed by atoms with E-state index in [1.807, 2.05) is 30.3 Å². The van der Waals surface area contributed by atoms with Gasteiger partial charge in [-0.15, -0.1) is 0 Å². The summed E-state index contributed by atoms with van der Waals surface area (Å²) in [5.41, 5.74) is 1.79. The van der Waals surface area contributed by atoms with Gasteiger partial charge in [0.25, 0.3) is 12.1 Å². The minimum Gasteiger partial charge on any atom is -0.466 e. The number of benzene rings is 2. The first-order valence-electron chi connectivity index (χ1n) is 11.6. The summed E-state index contributed by atoms with van der Waals surface area (Å²) in [5, 5.41) is 11.7. The molecule has 35 heavy (non-hydrogen) atoms. The van der Waals surface area contributed by atoms with Gasteiger partial charge in [0, 0.05) is 16.1 Å². The Balaban J connectivity index is 1.64. The van der Waals surface area contributed by atoms with E-state index in [-0.39, 0.29) is 35.5 Å². The van der Waals surface area contributed by atoms with Crippen LogP contribution in [0.15, 0.2) is 60.2 Å². The number of nitro groups is 1. The Morgan fingerprint density at radius 3 is 2.49 bits per heavy atom. The molecule has 5 rings (SSSR count). The Morgan fingerprint density at radius 2 is 1.80 bits per heavy atom. The highest BCUT2D eigenvalue weighted by atomic mass is 16.6. The van der Waals surface area contributed by atoms with E-state index in [1.165, 1.54) is 0 Å². The molecule has 0 amide bonds. The lowest BCUT2D eigenvalue weighted by Gasteiger charge is -2.34. The van der Waals surface area contributed by atoms with Crippen LogP contribution in [0.4, 0.5) is 0 Å². The van der Waals surface area contributed by atoms with Crippen LogP contribution in [0.1, 0.15) is 48.9 Å². The van der Waals surface area contributed by atoms with E-state index in [0.29, 0.717) is 11.7 Å². The summed E-state index contributed by atoms with van der Waals surface area (Å²) in [7, 11) is 0. The summed E-state index contributed by atoms with van der Waals surface area (Å²) in [5.74, 6) is -3.53. The molecule has 0 bridgehead atoms. The van der Waals surface area contributed by atoms with Crippen LogP contribution in [-0.2, 0) is 23.9 Å². The van der Waals surface area contributed by atoms with Gasteiger partial charge in [0.05, 0.1) is 24.0 Å². The number of Topliss-reactive ketones (excluding diaryl/α,β-unsaturated/α-hetero) is 2. The van der Waals surface area contributed by atoms with E-state index < -0.39 is 46.6 Å². The minimum absolute atomic E-state index is 0.0760. The van der Waals surface area contributed by atoms with Crippen LogP contribution in [0.25, 0.3) is 5.57 Å². The van der Waals surface area contributed by atoms with Gasteiger partial charge >= 0.3 is 5.97 Å². The molecule has 0 aromatic heterocycles. The van der Waals surface area contributed by atoms with Gasteiger partial charge in [-0.25, -0.2) is 0 Å². The highest BCUT2D eigenvalue weighted by Crippen LogP contribution is 2.55. The first-order chi connectivity index (χ1) is 16.8. The second-order valence-corrected chi connectivity index (χ2v) is 9.02. The molecule has 1 heterocycles. The number of rotatable bonds is 4. The van der Waals surface area contributed by atoms with Crippen molar-refractivity contribution < 1.29 is 28.8 Å². The quantitative estimate of drug-likeness (QED) is 0.217. The maximum atomic E-state index is 13.9. The van der Waals surface area contributed by atoms with Gasteiger partial charge in [-0.1, -0.05) is 54.6 Å². The molecule has 0 spiro atoms. The van der Waals surface area contributed by atoms with Crippen LogP contribution in [-0.4, -0.2) is 35.2 Å². The largest absolute Gasteiger partial charge is 0.466 e. The number of hydrogen-bond donors (Lipinski definition) is 0. The van der Waals surface area contributed by atoms with Crippen LogP contribution in [0.5, 0.6) is 0 Å². The maximum absolute atomic E-state index is 13.9. The van der Waals surface area contributed by atoms with Gasteiger partial charge in [-0.3, -0.25) is 24.5 Å². The van der Waals surface area contributed by atoms with Crippen molar-refractivity contribution in [3.63, 3.8) is 0 Å². The first-order valence-corrected chi connectivity index (χ1v) is 11.6. The third kappa shape index (κ3) is 3.56. The van der Waals surface area contributed by atoms with E-state index in [4.69, 9.17) is 9.47 Å². The molecular weight excluding hydrogens is 450 g/mol. The smallest absolute Gasteiger partial charge is 0.312 e. The van der Waals surface area contributed by atoms with Crippen molar-refractivity contribution in [1.29, 1.82) is 0 Å². The summed E-state index contributed by atoms with van der Waals surface area (Å²) >= 11 is 0. The molecule has 5 atom stereocenters. The van der Waals surface area contributed by atoms with Crippen LogP contribution < -0.4 is 0 Å². The fourth-order valence-corrected chi connectivity index (χ4v) is 5.75. The summed E-state index contributed by atoms with van der Waals surface area (Å²) in [6, 6.07) is 14.3. The van der Waals surface area contributed by atoms with E-state index in [1.54, 1.807) is 38.1 Å². The molecule has 2 aromatic carbocycles. The van der Waals surface area contributed by atoms with Gasteiger partial charge in [-0.05, 0) is 25.0 Å². The monoisotopic (exact) mass is 474 g/mol. The van der Waals surface area contributed by atoms with Crippen molar-refractivity contribution in [3.8, 4) is 0 Å². The molecule has 3 aliphatic rings. The Labute approximate surface area is 202 Å². The third-order valence-corrected chi connectivity index (χ3v) is 7.14. The Morgan fingerprint density at radius 1 is 1.11 bits per heavy atom. The average Bonchev–Trinajstić information content (AvgIpc) is 3.31. The molecule has 1 saturated heterocycles. The molecule has 2 aromatic rings. The highest BCUT2D eigenvalue weighted by molar-refractivity contribution is 6.32. The zero-order chi connectivity index (χ0) is 24.9. The van der Waals surface area contributed by atoms with Gasteiger partial charge in [0.15, 0.2) is 6.42 Å². The summed E-state index contributed by atoms with van der Waals surface area (Å²) in [6.45, 7) is 3.69. The SMILES string of the molecule is CCOC(=O)C1C(C)O[C+]2C/C(=C3\C(=O)C([N+](=O)[O-])c4ccccc43)C(=O)C2C1c1ccccc1. The highest BCUT2D eigenvalue weighted by Gasteiger charge is 2.65. The van der Waals surface area contributed by atoms with Crippen molar-refractivity contribution in [1.82, 2.24) is 0 Å². The van der Waals surface area contributed by atoms with Crippen LogP contribution in [0.2, 0.25) is 0 Å². The van der Waals surface area contributed by atoms with Crippen molar-refractivity contribution in [3.05, 3.63) is 93.1 Å². The molecule has 8 heteroatoms. The number of hydrogen-bond acceptors (Lipinski definition) is 7. The van der Waals surface area contributed by atoms with Gasteiger partial charge in [0.2, 0.25) is 17.5 Å². The molecule has 2 fully saturated rings. The minimum atomic E-state index is -1.54. The topological polar surface area (TPSA) is 113 Å². The van der Waals surface area contributed by atoms with E-state index in [0.717, 1.165) is 5.56 Å². The Kier molecular flexibility index (Phi) is 5.76. The zero-order valence-corrected chi connectivity index (χ0v) is 19.3. The standard InChI is InChI=1S/C27H24NO7/c1-3-34-27(31)20-14(2)35-19-13-18(25(29)23(19)21(20)15-9-5-4-6-10-15)22-16-11-7-8-12-17(16)24(26(22)30)28(32)33/h4-12,14,20-21,23-24H,3,13H2,1-2H3/q+1/b22-18+. The number of nitrogens with zero attached hydrogens (tertiary/aromatic N) is 1. The maximum Gasteiger partial charge on any atom is 0.312 e. The lowest BCUT2D eigenvalue weighted by molar-refractivity contribution is -0.511. The van der Waals surface area contributed by atoms with Crippen molar-refractivity contribution >= 4 is 23.1 Å². The molecular formula is C27H24NO7+. The first kappa shape index (κ1) is 23.0. The van der Waals surface area contributed by atoms with E-state index in [2.05, 4.69) is 0 Å². The molecule has 5 unspecified atom stereocenters. The molecule has 8 nitrogen and oxygen atoms in total. The number of carbonyl (C=O) groups is 3. The van der Waals surface area contributed by atoms with Crippen LogP contribution in [0.3, 0.4) is 0 Å². The van der Waals surface area contributed by atoms with Crippen molar-refractivity contribution in [2.24, 2.45) is 11.8 Å². The second kappa shape index (κ2) is 8.78. The second-order valence-electron chi connectivity index (χ2n) is 9.02. The van der Waals surface area contributed by atoms with Crippen LogP contribution in [0, 0.1) is 28.1 Å². The molecule has 2 aliphatic carbocycles. The molecule has 0 radical (unpaired) electrons. The number of fused-ring (bicyclic) bond motifs is 2.